The monoisotopic (exact) mass is 980 g/mol. The molecule has 77 heavy (non-hydrogen) atoms. The summed E-state index contributed by atoms with van der Waals surface area (Å²) >= 11 is 0. The Labute approximate surface area is 444 Å². The number of aromatic nitrogens is 4. The number of nitrogens with zero attached hydrogens (tertiary/aromatic N) is 4. The van der Waals surface area contributed by atoms with Crippen molar-refractivity contribution in [2.75, 3.05) is 0 Å². The lowest BCUT2D eigenvalue weighted by atomic mass is 9.83. The van der Waals surface area contributed by atoms with Crippen molar-refractivity contribution in [2.24, 2.45) is 0 Å². The Bertz CT molecular complexity index is 4550. The fourth-order valence-corrected chi connectivity index (χ4v) is 12.0. The summed E-state index contributed by atoms with van der Waals surface area (Å²) in [6.07, 6.45) is 15.1. The summed E-state index contributed by atoms with van der Waals surface area (Å²) in [5.74, 6) is 0. The van der Waals surface area contributed by atoms with Crippen molar-refractivity contribution >= 4 is 65.0 Å². The Morgan fingerprint density at radius 3 is 0.935 bits per heavy atom. The zero-order chi connectivity index (χ0) is 50.8. The second-order valence-corrected chi connectivity index (χ2v) is 19.7. The SMILES string of the molecule is c1cncc(-c2cc(-c3cccnc3)cc(-c3c4ccccc4c(-c4ccc5oc6cccc(-c7c8ccccc8c(-c8cc(-c9cccnc9)cc(-c9cccnc9)c8)c8ccccc78)c6c5c4)c4ccccc34)c2)c1. The minimum Gasteiger partial charge on any atom is -0.456 e. The molecule has 0 fully saturated rings. The Kier molecular flexibility index (Phi) is 10.5. The summed E-state index contributed by atoms with van der Waals surface area (Å²) in [6, 6.07) is 79.1. The quantitative estimate of drug-likeness (QED) is 0.142. The average Bonchev–Trinajstić information content (AvgIpc) is 3.91. The van der Waals surface area contributed by atoms with Crippen LogP contribution in [0, 0.1) is 0 Å². The van der Waals surface area contributed by atoms with Crippen LogP contribution in [0.15, 0.2) is 272 Å². The van der Waals surface area contributed by atoms with Crippen molar-refractivity contribution < 1.29 is 4.42 Å². The average molecular weight is 981 g/mol. The van der Waals surface area contributed by atoms with Crippen molar-refractivity contribution in [2.45, 2.75) is 0 Å². The van der Waals surface area contributed by atoms with Gasteiger partial charge in [0, 0.05) is 82.6 Å². The highest BCUT2D eigenvalue weighted by Crippen LogP contribution is 2.50. The third-order valence-electron chi connectivity index (χ3n) is 15.3. The van der Waals surface area contributed by atoms with Gasteiger partial charge in [0.25, 0.3) is 0 Å². The van der Waals surface area contributed by atoms with E-state index >= 15 is 0 Å². The molecule has 0 aliphatic carbocycles. The van der Waals surface area contributed by atoms with E-state index in [2.05, 4.69) is 214 Å². The molecule has 15 rings (SSSR count). The second-order valence-electron chi connectivity index (χ2n) is 19.7. The third kappa shape index (κ3) is 7.47. The summed E-state index contributed by atoms with van der Waals surface area (Å²) < 4.78 is 6.86. The number of furan rings is 1. The van der Waals surface area contributed by atoms with Gasteiger partial charge in [0.1, 0.15) is 11.2 Å². The summed E-state index contributed by atoms with van der Waals surface area (Å²) in [4.78, 5) is 18.1. The molecule has 0 saturated heterocycles. The van der Waals surface area contributed by atoms with Gasteiger partial charge in [0.15, 0.2) is 0 Å². The van der Waals surface area contributed by atoms with Gasteiger partial charge in [-0.25, -0.2) is 0 Å². The predicted octanol–water partition coefficient (Wildman–Crippen LogP) is 19.1. The molecule has 0 aliphatic heterocycles. The standard InChI is InChI=1S/C72H44N4O/c1-3-20-58-56(18-1)68(57-19-2-4-21-59(57)69(58)54-36-50(46-14-10-30-73-41-46)34-51(37-54)47-15-11-31-74-42-47)45-28-29-66-65(40-45)72-64(26-9-27-67(72)77-66)71-62-24-7-5-22-60(62)70(61-23-6-8-25-63(61)71)55-38-52(48-16-12-32-75-43-48)35-53(39-55)49-17-13-33-76-44-49/h1-44H. The van der Waals surface area contributed by atoms with Gasteiger partial charge in [-0.3, -0.25) is 19.9 Å². The molecular weight excluding hydrogens is 937 g/mol. The first-order chi connectivity index (χ1) is 38.2. The lowest BCUT2D eigenvalue weighted by Gasteiger charge is -2.20. The lowest BCUT2D eigenvalue weighted by molar-refractivity contribution is 0.669. The molecule has 0 aliphatic rings. The van der Waals surface area contributed by atoms with Crippen molar-refractivity contribution in [3.63, 3.8) is 0 Å². The fourth-order valence-electron chi connectivity index (χ4n) is 12.0. The molecule has 5 heteroatoms. The summed E-state index contributed by atoms with van der Waals surface area (Å²) in [7, 11) is 0. The molecule has 0 amide bonds. The molecule has 5 heterocycles. The van der Waals surface area contributed by atoms with Crippen LogP contribution in [-0.2, 0) is 0 Å². The van der Waals surface area contributed by atoms with Gasteiger partial charge in [-0.1, -0.05) is 140 Å². The molecule has 5 nitrogen and oxygen atoms in total. The van der Waals surface area contributed by atoms with Crippen LogP contribution in [0.5, 0.6) is 0 Å². The molecule has 15 aromatic rings. The van der Waals surface area contributed by atoms with Gasteiger partial charge in [0.05, 0.1) is 0 Å². The fraction of sp³-hybridized carbons (Fsp3) is 0. The number of hydrogen-bond acceptors (Lipinski definition) is 5. The van der Waals surface area contributed by atoms with E-state index in [1.807, 2.05) is 73.8 Å². The first-order valence-electron chi connectivity index (χ1n) is 26.0. The number of hydrogen-bond donors (Lipinski definition) is 0. The lowest BCUT2D eigenvalue weighted by Crippen LogP contribution is -1.93. The van der Waals surface area contributed by atoms with Gasteiger partial charge >= 0.3 is 0 Å². The number of fused-ring (bicyclic) bond motifs is 7. The third-order valence-corrected chi connectivity index (χ3v) is 15.3. The van der Waals surface area contributed by atoms with E-state index in [9.17, 15) is 0 Å². The van der Waals surface area contributed by atoms with Crippen LogP contribution in [0.1, 0.15) is 0 Å². The van der Waals surface area contributed by atoms with Crippen LogP contribution in [-0.4, -0.2) is 19.9 Å². The van der Waals surface area contributed by atoms with E-state index in [1.54, 1.807) is 0 Å². The van der Waals surface area contributed by atoms with Crippen LogP contribution >= 0.6 is 0 Å². The molecule has 0 spiro atoms. The zero-order valence-electron chi connectivity index (χ0n) is 41.6. The van der Waals surface area contributed by atoms with Crippen LogP contribution in [0.25, 0.3) is 154 Å². The van der Waals surface area contributed by atoms with E-state index in [4.69, 9.17) is 4.42 Å². The Balaban J connectivity index is 0.953. The van der Waals surface area contributed by atoms with E-state index in [0.29, 0.717) is 0 Å². The zero-order valence-corrected chi connectivity index (χ0v) is 41.6. The molecule has 0 bridgehead atoms. The van der Waals surface area contributed by atoms with E-state index in [1.165, 1.54) is 65.3 Å². The van der Waals surface area contributed by atoms with Gasteiger partial charge in [-0.2, -0.15) is 0 Å². The molecule has 0 radical (unpaired) electrons. The summed E-state index contributed by atoms with van der Waals surface area (Å²) in [6.45, 7) is 0. The Morgan fingerprint density at radius 2 is 0.571 bits per heavy atom. The summed E-state index contributed by atoms with van der Waals surface area (Å²) in [5.41, 5.74) is 19.5. The van der Waals surface area contributed by atoms with Crippen molar-refractivity contribution in [1.82, 2.24) is 19.9 Å². The molecule has 0 saturated carbocycles. The van der Waals surface area contributed by atoms with Crippen molar-refractivity contribution in [3.8, 4) is 89.0 Å². The first-order valence-corrected chi connectivity index (χ1v) is 26.0. The molecule has 10 aromatic carbocycles. The maximum Gasteiger partial charge on any atom is 0.136 e. The second kappa shape index (κ2) is 18.2. The molecule has 5 aromatic heterocycles. The van der Waals surface area contributed by atoms with Crippen LogP contribution in [0.4, 0.5) is 0 Å². The topological polar surface area (TPSA) is 64.7 Å². The van der Waals surface area contributed by atoms with E-state index in [-0.39, 0.29) is 0 Å². The molecule has 358 valence electrons. The van der Waals surface area contributed by atoms with Crippen LogP contribution in [0.3, 0.4) is 0 Å². The molecule has 0 unspecified atom stereocenters. The van der Waals surface area contributed by atoms with Gasteiger partial charge in [-0.05, 0) is 189 Å². The minimum atomic E-state index is 0.844. The highest BCUT2D eigenvalue weighted by atomic mass is 16.3. The maximum atomic E-state index is 6.86. The van der Waals surface area contributed by atoms with Gasteiger partial charge in [0.2, 0.25) is 0 Å². The summed E-state index contributed by atoms with van der Waals surface area (Å²) in [5, 5.41) is 11.5. The Hall–Kier alpha value is -10.4. The highest BCUT2D eigenvalue weighted by Gasteiger charge is 2.23. The Morgan fingerprint density at radius 1 is 0.221 bits per heavy atom. The van der Waals surface area contributed by atoms with Crippen LogP contribution in [0.2, 0.25) is 0 Å². The van der Waals surface area contributed by atoms with Crippen molar-refractivity contribution in [1.29, 1.82) is 0 Å². The number of rotatable bonds is 8. The van der Waals surface area contributed by atoms with Crippen LogP contribution < -0.4 is 0 Å². The minimum absolute atomic E-state index is 0.844. The highest BCUT2D eigenvalue weighted by molar-refractivity contribution is 6.27. The number of pyridine rings is 4. The predicted molar refractivity (Wildman–Crippen MR) is 318 cm³/mol. The van der Waals surface area contributed by atoms with E-state index in [0.717, 1.165) is 88.7 Å². The van der Waals surface area contributed by atoms with Gasteiger partial charge < -0.3 is 4.42 Å². The number of benzene rings is 10. The smallest absolute Gasteiger partial charge is 0.136 e. The molecule has 0 atom stereocenters. The van der Waals surface area contributed by atoms with Crippen molar-refractivity contribution in [3.05, 3.63) is 268 Å². The molecule has 0 N–H and O–H groups in total. The normalized spacial score (nSPS) is 11.6. The maximum absolute atomic E-state index is 6.86. The molecular formula is C72H44N4O. The van der Waals surface area contributed by atoms with E-state index < -0.39 is 0 Å². The van der Waals surface area contributed by atoms with Gasteiger partial charge in [-0.15, -0.1) is 0 Å². The first kappa shape index (κ1) is 44.2. The largest absolute Gasteiger partial charge is 0.456 e.